The van der Waals surface area contributed by atoms with Gasteiger partial charge in [0.1, 0.15) is 11.5 Å². The van der Waals surface area contributed by atoms with Crippen molar-refractivity contribution >= 4 is 23.8 Å². The third kappa shape index (κ3) is 4.08. The van der Waals surface area contributed by atoms with E-state index < -0.39 is 5.91 Å². The number of carbonyl (C=O) groups is 2. The number of carbonyl (C=O) groups excluding carboxylic acids is 2. The normalized spacial score (nSPS) is 14.2. The zero-order chi connectivity index (χ0) is 18.5. The molecule has 1 saturated heterocycles. The molecule has 1 aliphatic heterocycles. The van der Waals surface area contributed by atoms with Gasteiger partial charge in [-0.15, -0.1) is 0 Å². The van der Waals surface area contributed by atoms with Gasteiger partial charge in [-0.3, -0.25) is 4.79 Å². The average Bonchev–Trinajstić information content (AvgIpc) is 3.07. The van der Waals surface area contributed by atoms with Crippen LogP contribution in [0.15, 0.2) is 22.9 Å². The number of nitrogens with zero attached hydrogens (tertiary/aromatic N) is 5. The molecule has 138 valence electrons. The second-order valence-corrected chi connectivity index (χ2v) is 5.69. The molecule has 0 saturated carbocycles. The quantitative estimate of drug-likeness (QED) is 0.868. The molecule has 1 N–H and O–H groups in total. The second-order valence-electron chi connectivity index (χ2n) is 5.69. The van der Waals surface area contributed by atoms with Crippen LogP contribution in [0.2, 0.25) is 0 Å². The third-order valence-corrected chi connectivity index (χ3v) is 3.83. The minimum atomic E-state index is -0.396. The standard InChI is InChI=1S/C16H20N6O4/c1-3-25-16(24)22-8-6-21(7-9-22)15-17-5-4-12(18-15)14(23)19-13-10-11(2)26-20-13/h4-5,10H,3,6-9H2,1-2H3,(H,19,20,23). The predicted molar refractivity (Wildman–Crippen MR) is 92.0 cm³/mol. The molecule has 3 rings (SSSR count). The molecule has 0 spiro atoms. The first-order valence-electron chi connectivity index (χ1n) is 8.31. The van der Waals surface area contributed by atoms with Crippen molar-refractivity contribution in [2.75, 3.05) is 43.0 Å². The number of ether oxygens (including phenoxy) is 1. The molecule has 0 atom stereocenters. The Balaban J connectivity index is 1.62. The Morgan fingerprint density at radius 2 is 2.08 bits per heavy atom. The van der Waals surface area contributed by atoms with Gasteiger partial charge >= 0.3 is 6.09 Å². The van der Waals surface area contributed by atoms with E-state index in [2.05, 4.69) is 20.4 Å². The van der Waals surface area contributed by atoms with Crippen LogP contribution in [-0.4, -0.2) is 64.8 Å². The first-order chi connectivity index (χ1) is 12.6. The molecule has 0 radical (unpaired) electrons. The summed E-state index contributed by atoms with van der Waals surface area (Å²) >= 11 is 0. The van der Waals surface area contributed by atoms with E-state index in [1.165, 1.54) is 12.3 Å². The van der Waals surface area contributed by atoms with Crippen LogP contribution in [0.4, 0.5) is 16.6 Å². The highest BCUT2D eigenvalue weighted by Crippen LogP contribution is 2.13. The van der Waals surface area contributed by atoms with Gasteiger partial charge in [0, 0.05) is 38.4 Å². The lowest BCUT2D eigenvalue weighted by molar-refractivity contribution is 0.102. The molecular weight excluding hydrogens is 340 g/mol. The van der Waals surface area contributed by atoms with E-state index in [0.29, 0.717) is 50.3 Å². The molecule has 10 nitrogen and oxygen atoms in total. The average molecular weight is 360 g/mol. The van der Waals surface area contributed by atoms with Crippen LogP contribution in [0, 0.1) is 6.92 Å². The summed E-state index contributed by atoms with van der Waals surface area (Å²) in [7, 11) is 0. The minimum Gasteiger partial charge on any atom is -0.450 e. The summed E-state index contributed by atoms with van der Waals surface area (Å²) in [5.41, 5.74) is 0.225. The number of aryl methyl sites for hydroxylation is 1. The molecule has 1 fully saturated rings. The van der Waals surface area contributed by atoms with E-state index in [1.54, 1.807) is 24.8 Å². The van der Waals surface area contributed by atoms with Gasteiger partial charge in [0.25, 0.3) is 5.91 Å². The van der Waals surface area contributed by atoms with Gasteiger partial charge < -0.3 is 24.4 Å². The summed E-state index contributed by atoms with van der Waals surface area (Å²) in [6, 6.07) is 3.15. The fraction of sp³-hybridized carbons (Fsp3) is 0.438. The Morgan fingerprint density at radius 1 is 1.31 bits per heavy atom. The lowest BCUT2D eigenvalue weighted by atomic mass is 10.3. The first kappa shape index (κ1) is 17.6. The summed E-state index contributed by atoms with van der Waals surface area (Å²) in [6.07, 6.45) is 1.22. The molecule has 1 aliphatic rings. The van der Waals surface area contributed by atoms with Crippen LogP contribution in [0.25, 0.3) is 0 Å². The van der Waals surface area contributed by atoms with Gasteiger partial charge in [-0.25, -0.2) is 14.8 Å². The Morgan fingerprint density at radius 3 is 2.73 bits per heavy atom. The molecule has 2 amide bonds. The minimum absolute atomic E-state index is 0.225. The van der Waals surface area contributed by atoms with Crippen molar-refractivity contribution in [2.24, 2.45) is 0 Å². The largest absolute Gasteiger partial charge is 0.450 e. The Kier molecular flexibility index (Phi) is 5.30. The number of piperazine rings is 1. The Labute approximate surface area is 150 Å². The number of hydrogen-bond acceptors (Lipinski definition) is 8. The van der Waals surface area contributed by atoms with Gasteiger partial charge in [0.05, 0.1) is 6.61 Å². The summed E-state index contributed by atoms with van der Waals surface area (Å²) in [5.74, 6) is 0.975. The summed E-state index contributed by atoms with van der Waals surface area (Å²) in [5, 5.41) is 6.35. The molecule has 10 heteroatoms. The van der Waals surface area contributed by atoms with E-state index in [4.69, 9.17) is 9.26 Å². The Hall–Kier alpha value is -3.17. The van der Waals surface area contributed by atoms with Crippen LogP contribution in [0.3, 0.4) is 0 Å². The highest BCUT2D eigenvalue weighted by atomic mass is 16.6. The SMILES string of the molecule is CCOC(=O)N1CCN(c2nccc(C(=O)Nc3cc(C)on3)n2)CC1. The summed E-state index contributed by atoms with van der Waals surface area (Å²) < 4.78 is 9.92. The second kappa shape index (κ2) is 7.81. The molecule has 0 bridgehead atoms. The Bertz CT molecular complexity index is 785. The third-order valence-electron chi connectivity index (χ3n) is 3.83. The topological polar surface area (TPSA) is 114 Å². The number of aromatic nitrogens is 3. The maximum atomic E-state index is 12.3. The van der Waals surface area contributed by atoms with Crippen molar-refractivity contribution in [3.63, 3.8) is 0 Å². The zero-order valence-electron chi connectivity index (χ0n) is 14.6. The van der Waals surface area contributed by atoms with Crippen molar-refractivity contribution in [3.05, 3.63) is 29.8 Å². The van der Waals surface area contributed by atoms with Crippen LogP contribution in [-0.2, 0) is 4.74 Å². The van der Waals surface area contributed by atoms with Gasteiger partial charge in [-0.1, -0.05) is 5.16 Å². The number of rotatable bonds is 4. The molecule has 26 heavy (non-hydrogen) atoms. The van der Waals surface area contributed by atoms with Crippen molar-refractivity contribution in [2.45, 2.75) is 13.8 Å². The molecule has 3 heterocycles. The lowest BCUT2D eigenvalue weighted by Crippen LogP contribution is -2.49. The van der Waals surface area contributed by atoms with Crippen molar-refractivity contribution in [1.82, 2.24) is 20.0 Å². The molecule has 0 aliphatic carbocycles. The molecule has 0 unspecified atom stereocenters. The van der Waals surface area contributed by atoms with Crippen molar-refractivity contribution in [1.29, 1.82) is 0 Å². The maximum Gasteiger partial charge on any atom is 0.409 e. The molecule has 0 aromatic carbocycles. The molecular formula is C16H20N6O4. The highest BCUT2D eigenvalue weighted by Gasteiger charge is 2.24. The number of nitrogens with one attached hydrogen (secondary N) is 1. The van der Waals surface area contributed by atoms with Crippen LogP contribution >= 0.6 is 0 Å². The monoisotopic (exact) mass is 360 g/mol. The van der Waals surface area contributed by atoms with Crippen molar-refractivity contribution in [3.8, 4) is 0 Å². The summed E-state index contributed by atoms with van der Waals surface area (Å²) in [4.78, 5) is 36.2. The van der Waals surface area contributed by atoms with E-state index in [-0.39, 0.29) is 11.8 Å². The summed E-state index contributed by atoms with van der Waals surface area (Å²) in [6.45, 7) is 6.01. The predicted octanol–water partition coefficient (Wildman–Crippen LogP) is 1.30. The number of hydrogen-bond donors (Lipinski definition) is 1. The first-order valence-corrected chi connectivity index (χ1v) is 8.31. The van der Waals surface area contributed by atoms with Crippen molar-refractivity contribution < 1.29 is 18.8 Å². The van der Waals surface area contributed by atoms with Gasteiger partial charge in [-0.2, -0.15) is 0 Å². The van der Waals surface area contributed by atoms with Gasteiger partial charge in [0.15, 0.2) is 5.82 Å². The number of amides is 2. The van der Waals surface area contributed by atoms with E-state index in [1.807, 2.05) is 4.90 Å². The van der Waals surface area contributed by atoms with Gasteiger partial charge in [-0.05, 0) is 19.9 Å². The molecule has 2 aromatic heterocycles. The van der Waals surface area contributed by atoms with Crippen LogP contribution < -0.4 is 10.2 Å². The van der Waals surface area contributed by atoms with E-state index >= 15 is 0 Å². The van der Waals surface area contributed by atoms with Crippen LogP contribution in [0.5, 0.6) is 0 Å². The van der Waals surface area contributed by atoms with Crippen LogP contribution in [0.1, 0.15) is 23.2 Å². The smallest absolute Gasteiger partial charge is 0.409 e. The zero-order valence-corrected chi connectivity index (χ0v) is 14.6. The number of anilines is 2. The molecule has 2 aromatic rings. The van der Waals surface area contributed by atoms with E-state index in [0.717, 1.165) is 0 Å². The highest BCUT2D eigenvalue weighted by molar-refractivity contribution is 6.02. The lowest BCUT2D eigenvalue weighted by Gasteiger charge is -2.34. The van der Waals surface area contributed by atoms with Gasteiger partial charge in [0.2, 0.25) is 5.95 Å². The maximum absolute atomic E-state index is 12.3. The fourth-order valence-electron chi connectivity index (χ4n) is 2.54. The fourth-order valence-corrected chi connectivity index (χ4v) is 2.54. The van der Waals surface area contributed by atoms with E-state index in [9.17, 15) is 9.59 Å².